The lowest BCUT2D eigenvalue weighted by molar-refractivity contribution is -0.158. The zero-order valence-corrected chi connectivity index (χ0v) is 11.3. The second-order valence-corrected chi connectivity index (χ2v) is 4.69. The van der Waals surface area contributed by atoms with Crippen LogP contribution in [0.5, 0.6) is 0 Å². The predicted molar refractivity (Wildman–Crippen MR) is 65.5 cm³/mol. The van der Waals surface area contributed by atoms with E-state index >= 15 is 0 Å². The van der Waals surface area contributed by atoms with Gasteiger partial charge in [-0.2, -0.15) is 0 Å². The minimum Gasteiger partial charge on any atom is -0.462 e. The first-order chi connectivity index (χ1) is 7.95. The highest BCUT2D eigenvalue weighted by Gasteiger charge is 2.13. The molecule has 0 fully saturated rings. The maximum Gasteiger partial charge on any atom is 0.306 e. The van der Waals surface area contributed by atoms with E-state index in [4.69, 9.17) is 9.47 Å². The molecule has 0 aliphatic heterocycles. The first kappa shape index (κ1) is 15.9. The van der Waals surface area contributed by atoms with Crippen LogP contribution in [0.3, 0.4) is 0 Å². The maximum absolute atomic E-state index is 11.3. The topological polar surface area (TPSA) is 52.6 Å². The number of carbonyl (C=O) groups is 2. The lowest BCUT2D eigenvalue weighted by Gasteiger charge is -2.14. The number of rotatable bonds is 8. The molecule has 0 amide bonds. The van der Waals surface area contributed by atoms with E-state index in [-0.39, 0.29) is 30.6 Å². The van der Waals surface area contributed by atoms with Crippen molar-refractivity contribution in [2.75, 3.05) is 6.61 Å². The molecule has 4 heteroatoms. The van der Waals surface area contributed by atoms with Crippen molar-refractivity contribution in [2.45, 2.75) is 59.5 Å². The van der Waals surface area contributed by atoms with Gasteiger partial charge >= 0.3 is 11.9 Å². The first-order valence-electron chi connectivity index (χ1n) is 6.30. The van der Waals surface area contributed by atoms with E-state index in [0.717, 1.165) is 12.8 Å². The van der Waals surface area contributed by atoms with Crippen molar-refractivity contribution < 1.29 is 19.1 Å². The fourth-order valence-electron chi connectivity index (χ4n) is 1.24. The fraction of sp³-hybridized carbons (Fsp3) is 0.846. The van der Waals surface area contributed by atoms with Gasteiger partial charge in [0.15, 0.2) is 0 Å². The van der Waals surface area contributed by atoms with Gasteiger partial charge in [0.2, 0.25) is 0 Å². The van der Waals surface area contributed by atoms with Crippen LogP contribution in [0.4, 0.5) is 0 Å². The molecule has 4 nitrogen and oxygen atoms in total. The summed E-state index contributed by atoms with van der Waals surface area (Å²) < 4.78 is 10.1. The Morgan fingerprint density at radius 3 is 2.29 bits per heavy atom. The Morgan fingerprint density at radius 2 is 1.76 bits per heavy atom. The average Bonchev–Trinajstić information content (AvgIpc) is 2.22. The van der Waals surface area contributed by atoms with Crippen LogP contribution in [-0.2, 0) is 19.1 Å². The predicted octanol–water partition coefficient (Wildman–Crippen LogP) is 2.70. The van der Waals surface area contributed by atoms with Crippen molar-refractivity contribution in [1.29, 1.82) is 0 Å². The van der Waals surface area contributed by atoms with Crippen LogP contribution in [0.2, 0.25) is 0 Å². The molecule has 1 atom stereocenters. The summed E-state index contributed by atoms with van der Waals surface area (Å²) >= 11 is 0. The summed E-state index contributed by atoms with van der Waals surface area (Å²) in [6.45, 7) is 7.80. The molecule has 0 heterocycles. The highest BCUT2D eigenvalue weighted by atomic mass is 16.6. The Labute approximate surface area is 104 Å². The van der Waals surface area contributed by atoms with E-state index in [1.807, 2.05) is 20.8 Å². The molecule has 0 N–H and O–H groups in total. The summed E-state index contributed by atoms with van der Waals surface area (Å²) in [6.07, 6.45) is 2.26. The second-order valence-electron chi connectivity index (χ2n) is 4.69. The second kappa shape index (κ2) is 9.02. The van der Waals surface area contributed by atoms with Gasteiger partial charge in [0.05, 0.1) is 0 Å². The molecule has 0 radical (unpaired) electrons. The van der Waals surface area contributed by atoms with E-state index in [1.165, 1.54) is 0 Å². The summed E-state index contributed by atoms with van der Waals surface area (Å²) in [5.41, 5.74) is 0. The third-order valence-corrected chi connectivity index (χ3v) is 2.12. The molecule has 0 bridgehead atoms. The Morgan fingerprint density at radius 1 is 1.12 bits per heavy atom. The zero-order valence-electron chi connectivity index (χ0n) is 11.3. The van der Waals surface area contributed by atoms with Crippen LogP contribution < -0.4 is 0 Å². The Hall–Kier alpha value is -1.06. The largest absolute Gasteiger partial charge is 0.462 e. The molecular formula is C13H24O4. The lowest BCUT2D eigenvalue weighted by atomic mass is 10.1. The quantitative estimate of drug-likeness (QED) is 0.616. The fourth-order valence-corrected chi connectivity index (χ4v) is 1.24. The van der Waals surface area contributed by atoms with Gasteiger partial charge in [-0.3, -0.25) is 9.59 Å². The number of ether oxygens (including phenoxy) is 2. The van der Waals surface area contributed by atoms with Crippen molar-refractivity contribution in [3.05, 3.63) is 0 Å². The number of unbranched alkanes of at least 4 members (excludes halogenated alkanes) is 1. The molecule has 1 unspecified atom stereocenters. The van der Waals surface area contributed by atoms with Gasteiger partial charge in [-0.05, 0) is 19.3 Å². The molecular weight excluding hydrogens is 220 g/mol. The molecule has 100 valence electrons. The summed E-state index contributed by atoms with van der Waals surface area (Å²) in [4.78, 5) is 22.5. The molecule has 0 aromatic rings. The van der Waals surface area contributed by atoms with E-state index in [2.05, 4.69) is 0 Å². The number of carbonyl (C=O) groups excluding carboxylic acids is 2. The van der Waals surface area contributed by atoms with E-state index in [1.54, 1.807) is 6.92 Å². The molecule has 0 aromatic carbocycles. The number of esters is 2. The van der Waals surface area contributed by atoms with Crippen molar-refractivity contribution in [3.63, 3.8) is 0 Å². The van der Waals surface area contributed by atoms with Gasteiger partial charge in [-0.15, -0.1) is 0 Å². The molecule has 0 spiro atoms. The first-order valence-corrected chi connectivity index (χ1v) is 6.30. The van der Waals surface area contributed by atoms with Gasteiger partial charge in [-0.25, -0.2) is 0 Å². The molecule has 0 saturated heterocycles. The lowest BCUT2D eigenvalue weighted by Crippen LogP contribution is -2.23. The third-order valence-electron chi connectivity index (χ3n) is 2.12. The minimum atomic E-state index is -0.369. The molecule has 0 rings (SSSR count). The summed E-state index contributed by atoms with van der Waals surface area (Å²) in [5.74, 6) is -0.183. The maximum atomic E-state index is 11.3. The average molecular weight is 244 g/mol. The van der Waals surface area contributed by atoms with Gasteiger partial charge in [0, 0.05) is 12.8 Å². The summed E-state index contributed by atoms with van der Waals surface area (Å²) in [6, 6.07) is 0. The standard InChI is InChI=1S/C13H24O4/c1-5-6-7-12(14)16-9-11(4)17-13(15)8-10(2)3/h10-11H,5-9H2,1-4H3. The van der Waals surface area contributed by atoms with Crippen molar-refractivity contribution in [3.8, 4) is 0 Å². The van der Waals surface area contributed by atoms with Crippen LogP contribution in [0.1, 0.15) is 53.4 Å². The van der Waals surface area contributed by atoms with Crippen LogP contribution >= 0.6 is 0 Å². The number of hydrogen-bond donors (Lipinski definition) is 0. The van der Waals surface area contributed by atoms with E-state index in [9.17, 15) is 9.59 Å². The molecule has 0 aromatic heterocycles. The normalized spacial score (nSPS) is 12.3. The molecule has 17 heavy (non-hydrogen) atoms. The Balaban J connectivity index is 3.68. The highest BCUT2D eigenvalue weighted by Crippen LogP contribution is 2.04. The van der Waals surface area contributed by atoms with Gasteiger partial charge in [-0.1, -0.05) is 27.2 Å². The van der Waals surface area contributed by atoms with Crippen molar-refractivity contribution in [1.82, 2.24) is 0 Å². The Bertz CT molecular complexity index is 236. The monoisotopic (exact) mass is 244 g/mol. The Kier molecular flexibility index (Phi) is 8.46. The SMILES string of the molecule is CCCCC(=O)OCC(C)OC(=O)CC(C)C. The molecule has 0 aliphatic rings. The highest BCUT2D eigenvalue weighted by molar-refractivity contribution is 5.70. The zero-order chi connectivity index (χ0) is 13.3. The van der Waals surface area contributed by atoms with Gasteiger partial charge < -0.3 is 9.47 Å². The number of hydrogen-bond acceptors (Lipinski definition) is 4. The van der Waals surface area contributed by atoms with Gasteiger partial charge in [0.25, 0.3) is 0 Å². The smallest absolute Gasteiger partial charge is 0.306 e. The van der Waals surface area contributed by atoms with Crippen LogP contribution in [-0.4, -0.2) is 24.6 Å². The van der Waals surface area contributed by atoms with Gasteiger partial charge in [0.1, 0.15) is 12.7 Å². The van der Waals surface area contributed by atoms with Crippen LogP contribution in [0.15, 0.2) is 0 Å². The molecule has 0 saturated carbocycles. The minimum absolute atomic E-state index is 0.145. The van der Waals surface area contributed by atoms with Crippen LogP contribution in [0.25, 0.3) is 0 Å². The summed E-state index contributed by atoms with van der Waals surface area (Å²) in [5, 5.41) is 0. The summed E-state index contributed by atoms with van der Waals surface area (Å²) in [7, 11) is 0. The van der Waals surface area contributed by atoms with Crippen molar-refractivity contribution in [2.24, 2.45) is 5.92 Å². The van der Waals surface area contributed by atoms with Crippen molar-refractivity contribution >= 4 is 11.9 Å². The van der Waals surface area contributed by atoms with Crippen LogP contribution in [0, 0.1) is 5.92 Å². The third kappa shape index (κ3) is 9.85. The van der Waals surface area contributed by atoms with E-state index < -0.39 is 0 Å². The van der Waals surface area contributed by atoms with E-state index in [0.29, 0.717) is 12.8 Å². The molecule has 0 aliphatic carbocycles.